The second-order valence-corrected chi connectivity index (χ2v) is 10.5. The first-order chi connectivity index (χ1) is 16.7. The van der Waals surface area contributed by atoms with E-state index < -0.39 is 5.60 Å². The summed E-state index contributed by atoms with van der Waals surface area (Å²) in [4.78, 5) is 37.4. The molecule has 3 rings (SSSR count). The van der Waals surface area contributed by atoms with Gasteiger partial charge < -0.3 is 19.7 Å². The van der Waals surface area contributed by atoms with Crippen molar-refractivity contribution in [2.45, 2.75) is 83.3 Å². The van der Waals surface area contributed by atoms with Gasteiger partial charge >= 0.3 is 5.97 Å². The molecule has 8 nitrogen and oxygen atoms in total. The van der Waals surface area contributed by atoms with E-state index in [0.29, 0.717) is 31.8 Å². The van der Waals surface area contributed by atoms with Crippen molar-refractivity contribution in [1.82, 2.24) is 10.2 Å². The summed E-state index contributed by atoms with van der Waals surface area (Å²) < 4.78 is 11.1. The molecule has 2 aliphatic heterocycles. The maximum absolute atomic E-state index is 11.9. The Morgan fingerprint density at radius 2 is 1.77 bits per heavy atom. The van der Waals surface area contributed by atoms with Gasteiger partial charge in [-0.3, -0.25) is 19.7 Å². The number of hydrogen-bond donors (Lipinski definition) is 2. The van der Waals surface area contributed by atoms with Gasteiger partial charge in [0.15, 0.2) is 0 Å². The summed E-state index contributed by atoms with van der Waals surface area (Å²) in [5.74, 6) is -0.0377. The average molecular weight is 488 g/mol. The van der Waals surface area contributed by atoms with Crippen molar-refractivity contribution in [2.75, 3.05) is 38.2 Å². The number of rotatable bonds is 11. The van der Waals surface area contributed by atoms with Crippen LogP contribution in [-0.4, -0.2) is 67.2 Å². The molecule has 35 heavy (non-hydrogen) atoms. The number of carbonyl (C=O) groups excluding carboxylic acids is 3. The Labute approximate surface area is 209 Å². The van der Waals surface area contributed by atoms with E-state index in [1.54, 1.807) is 0 Å². The van der Waals surface area contributed by atoms with Crippen molar-refractivity contribution < 1.29 is 23.9 Å². The lowest BCUT2D eigenvalue weighted by atomic mass is 9.89. The fraction of sp³-hybridized carbons (Fsp3) is 0.667. The lowest BCUT2D eigenvalue weighted by Crippen LogP contribution is -2.47. The first-order valence-corrected chi connectivity index (χ1v) is 12.9. The topological polar surface area (TPSA) is 97.0 Å². The van der Waals surface area contributed by atoms with Gasteiger partial charge in [0.05, 0.1) is 6.61 Å². The smallest absolute Gasteiger partial charge is 0.306 e. The maximum Gasteiger partial charge on any atom is 0.306 e. The lowest BCUT2D eigenvalue weighted by molar-refractivity contribution is -0.155. The van der Waals surface area contributed by atoms with Crippen LogP contribution in [0.2, 0.25) is 0 Å². The fourth-order valence-electron chi connectivity index (χ4n) is 4.54. The van der Waals surface area contributed by atoms with Crippen molar-refractivity contribution in [3.63, 3.8) is 0 Å². The van der Waals surface area contributed by atoms with Gasteiger partial charge in [-0.2, -0.15) is 0 Å². The molecule has 194 valence electrons. The van der Waals surface area contributed by atoms with E-state index in [1.807, 2.05) is 32.9 Å². The Kier molecular flexibility index (Phi) is 10.1. The van der Waals surface area contributed by atoms with Gasteiger partial charge in [0.2, 0.25) is 11.8 Å². The number of carbonyl (C=O) groups is 3. The first-order valence-electron chi connectivity index (χ1n) is 12.9. The minimum atomic E-state index is -0.417. The predicted molar refractivity (Wildman–Crippen MR) is 135 cm³/mol. The Bertz CT molecular complexity index is 841. The minimum absolute atomic E-state index is 0.138. The highest BCUT2D eigenvalue weighted by molar-refractivity contribution is 6.01. The number of benzene rings is 1. The Morgan fingerprint density at radius 1 is 1.06 bits per heavy atom. The zero-order valence-electron chi connectivity index (χ0n) is 21.4. The highest BCUT2D eigenvalue weighted by atomic mass is 16.6. The van der Waals surface area contributed by atoms with Gasteiger partial charge in [-0.25, -0.2) is 0 Å². The molecular weight excluding hydrogens is 446 g/mol. The molecule has 1 aromatic rings. The van der Waals surface area contributed by atoms with E-state index in [-0.39, 0.29) is 23.8 Å². The second kappa shape index (κ2) is 13.0. The summed E-state index contributed by atoms with van der Waals surface area (Å²) in [5, 5.41) is 5.62. The zero-order chi connectivity index (χ0) is 25.3. The molecule has 2 aliphatic rings. The number of imide groups is 1. The molecule has 0 radical (unpaired) electrons. The van der Waals surface area contributed by atoms with Gasteiger partial charge in [-0.1, -0.05) is 12.1 Å². The van der Waals surface area contributed by atoms with E-state index in [9.17, 15) is 14.4 Å². The summed E-state index contributed by atoms with van der Waals surface area (Å²) in [6.07, 6.45) is 5.26. The van der Waals surface area contributed by atoms with Crippen LogP contribution in [0.25, 0.3) is 0 Å². The van der Waals surface area contributed by atoms with Gasteiger partial charge in [0, 0.05) is 31.7 Å². The molecular formula is C27H41N3O5. The molecule has 0 spiro atoms. The van der Waals surface area contributed by atoms with Crippen molar-refractivity contribution in [1.29, 1.82) is 0 Å². The highest BCUT2D eigenvalue weighted by Gasteiger charge is 2.26. The van der Waals surface area contributed by atoms with Crippen LogP contribution in [0.4, 0.5) is 5.69 Å². The third kappa shape index (κ3) is 9.61. The highest BCUT2D eigenvalue weighted by Crippen LogP contribution is 2.29. The standard InChI is InChI=1S/C27H41N3O5/c1-27(2,3)35-25(32)6-4-5-18-34-19-17-30-15-13-21(14-16-30)20-7-9-22(10-8-20)28-23-11-12-24(31)29-26(23)33/h7-10,21,23,28H,4-6,11-19H2,1-3H3,(H,29,31,33)/t23-/m1/s1. The van der Waals surface area contributed by atoms with Crippen LogP contribution in [0.3, 0.4) is 0 Å². The average Bonchev–Trinajstić information content (AvgIpc) is 2.80. The van der Waals surface area contributed by atoms with Crippen LogP contribution in [0, 0.1) is 0 Å². The number of nitrogens with zero attached hydrogens (tertiary/aromatic N) is 1. The number of esters is 1. The van der Waals surface area contributed by atoms with Crippen molar-refractivity contribution in [3.05, 3.63) is 29.8 Å². The third-order valence-corrected chi connectivity index (χ3v) is 6.44. The van der Waals surface area contributed by atoms with Crippen LogP contribution >= 0.6 is 0 Å². The summed E-state index contributed by atoms with van der Waals surface area (Å²) >= 11 is 0. The van der Waals surface area contributed by atoms with Crippen molar-refractivity contribution >= 4 is 23.5 Å². The Hall–Kier alpha value is -2.45. The predicted octanol–water partition coefficient (Wildman–Crippen LogP) is 3.61. The molecule has 2 fully saturated rings. The van der Waals surface area contributed by atoms with Crippen LogP contribution in [-0.2, 0) is 23.9 Å². The quantitative estimate of drug-likeness (QED) is 0.280. The van der Waals surface area contributed by atoms with Crippen LogP contribution in [0.15, 0.2) is 24.3 Å². The normalized spacial score (nSPS) is 19.9. The number of hydrogen-bond acceptors (Lipinski definition) is 7. The number of likely N-dealkylation sites (tertiary alicyclic amines) is 1. The number of piperidine rings is 2. The largest absolute Gasteiger partial charge is 0.460 e. The molecule has 1 aromatic carbocycles. The van der Waals surface area contributed by atoms with Gasteiger partial charge in [0.1, 0.15) is 11.6 Å². The third-order valence-electron chi connectivity index (χ3n) is 6.44. The molecule has 1 atom stereocenters. The Balaban J connectivity index is 1.26. The van der Waals surface area contributed by atoms with Crippen LogP contribution in [0.1, 0.15) is 77.2 Å². The fourth-order valence-corrected chi connectivity index (χ4v) is 4.54. The van der Waals surface area contributed by atoms with E-state index in [1.165, 1.54) is 5.56 Å². The van der Waals surface area contributed by atoms with E-state index >= 15 is 0 Å². The molecule has 2 N–H and O–H groups in total. The van der Waals surface area contributed by atoms with E-state index in [2.05, 4.69) is 27.7 Å². The molecule has 2 amide bonds. The monoisotopic (exact) mass is 487 g/mol. The lowest BCUT2D eigenvalue weighted by Gasteiger charge is -2.32. The molecule has 2 saturated heterocycles. The van der Waals surface area contributed by atoms with Gasteiger partial charge in [0.25, 0.3) is 0 Å². The molecule has 0 aliphatic carbocycles. The van der Waals surface area contributed by atoms with E-state index in [4.69, 9.17) is 9.47 Å². The second-order valence-electron chi connectivity index (χ2n) is 10.5. The minimum Gasteiger partial charge on any atom is -0.460 e. The molecule has 0 saturated carbocycles. The Morgan fingerprint density at radius 3 is 2.43 bits per heavy atom. The number of nitrogens with one attached hydrogen (secondary N) is 2. The number of anilines is 1. The van der Waals surface area contributed by atoms with Crippen molar-refractivity contribution in [3.8, 4) is 0 Å². The summed E-state index contributed by atoms with van der Waals surface area (Å²) in [7, 11) is 0. The van der Waals surface area contributed by atoms with Gasteiger partial charge in [-0.15, -0.1) is 0 Å². The maximum atomic E-state index is 11.9. The summed E-state index contributed by atoms with van der Waals surface area (Å²) in [6, 6.07) is 8.00. The van der Waals surface area contributed by atoms with Gasteiger partial charge in [-0.05, 0) is 89.6 Å². The first kappa shape index (κ1) is 27.1. The number of amides is 2. The van der Waals surface area contributed by atoms with Crippen molar-refractivity contribution in [2.24, 2.45) is 0 Å². The summed E-state index contributed by atoms with van der Waals surface area (Å²) in [5.41, 5.74) is 1.82. The molecule has 0 bridgehead atoms. The molecule has 2 heterocycles. The number of unbranched alkanes of at least 4 members (excludes halogenated alkanes) is 1. The summed E-state index contributed by atoms with van der Waals surface area (Å²) in [6.45, 7) is 10.1. The molecule has 8 heteroatoms. The molecule has 0 unspecified atom stereocenters. The van der Waals surface area contributed by atoms with Crippen LogP contribution < -0.4 is 10.6 Å². The SMILES string of the molecule is CC(C)(C)OC(=O)CCCCOCCN1CCC(c2ccc(N[C@@H]3CCC(=O)NC3=O)cc2)CC1. The van der Waals surface area contributed by atoms with E-state index in [0.717, 1.165) is 57.6 Å². The zero-order valence-corrected chi connectivity index (χ0v) is 21.4. The molecule has 0 aromatic heterocycles. The number of ether oxygens (including phenoxy) is 2. The van der Waals surface area contributed by atoms with Crippen LogP contribution in [0.5, 0.6) is 0 Å².